The fourth-order valence-electron chi connectivity index (χ4n) is 4.00. The zero-order valence-corrected chi connectivity index (χ0v) is 30.2. The lowest BCUT2D eigenvalue weighted by Gasteiger charge is -2.12. The molecule has 0 aliphatic heterocycles. The second-order valence-electron chi connectivity index (χ2n) is 10.2. The fraction of sp³-hybridized carbons (Fsp3) is 0.343. The van der Waals surface area contributed by atoms with E-state index >= 15 is 0 Å². The molecule has 0 saturated carbocycles. The number of benzene rings is 3. The molecule has 0 bridgehead atoms. The van der Waals surface area contributed by atoms with E-state index in [0.29, 0.717) is 71.8 Å². The Morgan fingerprint density at radius 1 is 0.644 bits per heavy atom. The van der Waals surface area contributed by atoms with Gasteiger partial charge in [-0.1, -0.05) is 116 Å². The lowest BCUT2D eigenvalue weighted by atomic mass is 9.94. The van der Waals surface area contributed by atoms with Crippen molar-refractivity contribution in [3.63, 3.8) is 0 Å². The van der Waals surface area contributed by atoms with E-state index < -0.39 is 0 Å². The lowest BCUT2D eigenvalue weighted by Crippen LogP contribution is -2.23. The molecule has 244 valence electrons. The molecule has 0 amide bonds. The van der Waals surface area contributed by atoms with E-state index in [1.165, 1.54) is 0 Å². The predicted octanol–water partition coefficient (Wildman–Crippen LogP) is 12.4. The van der Waals surface area contributed by atoms with Gasteiger partial charge in [0.25, 0.3) is 0 Å². The van der Waals surface area contributed by atoms with E-state index in [1.54, 1.807) is 54.6 Å². The first-order valence-electron chi connectivity index (χ1n) is 14.7. The number of hydrogen-bond donors (Lipinski definition) is 1. The Balaban J connectivity index is 0.000000338. The number of nitrogens with two attached hydrogens (primary N) is 1. The van der Waals surface area contributed by atoms with Gasteiger partial charge in [0.2, 0.25) is 0 Å². The maximum absolute atomic E-state index is 12.0. The van der Waals surface area contributed by atoms with Gasteiger partial charge in [0, 0.05) is 35.6 Å². The zero-order chi connectivity index (χ0) is 34.1. The van der Waals surface area contributed by atoms with Crippen molar-refractivity contribution in [3.05, 3.63) is 114 Å². The highest BCUT2D eigenvalue weighted by Gasteiger charge is 2.18. The first-order valence-corrected chi connectivity index (χ1v) is 16.9. The van der Waals surface area contributed by atoms with Gasteiger partial charge in [0.05, 0.1) is 30.1 Å². The monoisotopic (exact) mass is 731 g/mol. The van der Waals surface area contributed by atoms with E-state index in [2.05, 4.69) is 13.5 Å². The van der Waals surface area contributed by atoms with Crippen LogP contribution >= 0.6 is 69.6 Å². The number of rotatable bonds is 13. The Hall–Kier alpha value is -1.89. The van der Waals surface area contributed by atoms with Gasteiger partial charge in [0.15, 0.2) is 17.3 Å². The smallest absolute Gasteiger partial charge is 0.188 e. The molecule has 4 nitrogen and oxygen atoms in total. The molecule has 3 rings (SSSR count). The summed E-state index contributed by atoms with van der Waals surface area (Å²) in [6.07, 6.45) is 5.87. The molecule has 0 fully saturated rings. The zero-order valence-electron chi connectivity index (χ0n) is 25.7. The van der Waals surface area contributed by atoms with E-state index in [-0.39, 0.29) is 23.3 Å². The van der Waals surface area contributed by atoms with Gasteiger partial charge in [-0.3, -0.25) is 14.4 Å². The second kappa shape index (κ2) is 21.8. The van der Waals surface area contributed by atoms with Crippen LogP contribution in [0.5, 0.6) is 0 Å². The Morgan fingerprint density at radius 3 is 1.56 bits per heavy atom. The van der Waals surface area contributed by atoms with Crippen LogP contribution in [-0.4, -0.2) is 23.9 Å². The standard InChI is InChI=1S/C12H15Cl2NO.C12H12Cl2O.C11H12Cl2O/c1-2-3-9(7-15)12(16)8-4-5-10(13)11(14)6-8;1-3-4-8(2)12(15)9-5-6-10(13)11(14)7-9;1-2-3-4-11(14)8-5-6-9(12)10(13)7-8/h4-6,9H,2-3,7,15H2,1H3;5-7H,2-4H2,1H3;5-7H,2-4H2,1H3. The molecule has 0 spiro atoms. The highest BCUT2D eigenvalue weighted by Crippen LogP contribution is 2.26. The molecule has 2 N–H and O–H groups in total. The van der Waals surface area contributed by atoms with Crippen LogP contribution in [0.4, 0.5) is 0 Å². The molecule has 10 heteroatoms. The molecule has 0 heterocycles. The number of hydrogen-bond acceptors (Lipinski definition) is 4. The van der Waals surface area contributed by atoms with Crippen LogP contribution in [0.2, 0.25) is 30.1 Å². The van der Waals surface area contributed by atoms with Crippen molar-refractivity contribution in [1.82, 2.24) is 0 Å². The van der Waals surface area contributed by atoms with Gasteiger partial charge < -0.3 is 5.73 Å². The molecular weight excluding hydrogens is 695 g/mol. The quantitative estimate of drug-likeness (QED) is 0.140. The summed E-state index contributed by atoms with van der Waals surface area (Å²) < 4.78 is 0. The van der Waals surface area contributed by atoms with E-state index in [0.717, 1.165) is 32.1 Å². The van der Waals surface area contributed by atoms with Crippen LogP contribution in [0, 0.1) is 5.92 Å². The third kappa shape index (κ3) is 14.2. The van der Waals surface area contributed by atoms with E-state index in [4.69, 9.17) is 75.3 Å². The average molecular weight is 734 g/mol. The van der Waals surface area contributed by atoms with Crippen molar-refractivity contribution < 1.29 is 14.4 Å². The van der Waals surface area contributed by atoms with Gasteiger partial charge >= 0.3 is 0 Å². The highest BCUT2D eigenvalue weighted by atomic mass is 35.5. The molecule has 0 aliphatic rings. The average Bonchev–Trinajstić information content (AvgIpc) is 3.02. The summed E-state index contributed by atoms with van der Waals surface area (Å²) in [5.74, 6) is -0.00834. The van der Waals surface area contributed by atoms with E-state index in [1.807, 2.05) is 13.8 Å². The van der Waals surface area contributed by atoms with Crippen LogP contribution in [0.15, 0.2) is 66.7 Å². The minimum atomic E-state index is -0.123. The first-order chi connectivity index (χ1) is 21.3. The molecule has 0 aliphatic carbocycles. The van der Waals surface area contributed by atoms with Crippen LogP contribution in [-0.2, 0) is 0 Å². The Morgan fingerprint density at radius 2 is 1.11 bits per heavy atom. The SMILES string of the molecule is C=C(CCC)C(=O)c1ccc(Cl)c(Cl)c1.CCCC(CN)C(=O)c1ccc(Cl)c(Cl)c1.CCCCC(=O)c1ccc(Cl)c(Cl)c1. The number of Topliss-reactive ketones (excluding diaryl/α,β-unsaturated/α-hetero) is 3. The van der Waals surface area contributed by atoms with Gasteiger partial charge in [-0.15, -0.1) is 0 Å². The Labute approximate surface area is 297 Å². The summed E-state index contributed by atoms with van der Waals surface area (Å²) in [5, 5.41) is 2.63. The third-order valence-corrected chi connectivity index (χ3v) is 8.77. The largest absolute Gasteiger partial charge is 0.330 e. The number of unbranched alkanes of at least 4 members (excludes halogenated alkanes) is 1. The fourth-order valence-corrected chi connectivity index (χ4v) is 4.89. The van der Waals surface area contributed by atoms with Crippen LogP contribution in [0.3, 0.4) is 0 Å². The summed E-state index contributed by atoms with van der Waals surface area (Å²) in [5.41, 5.74) is 7.96. The molecular formula is C35H39Cl6NO3. The molecule has 3 aromatic rings. The number of carbonyl (C=O) groups is 3. The maximum Gasteiger partial charge on any atom is 0.188 e. The third-order valence-electron chi connectivity index (χ3n) is 6.55. The number of halogens is 6. The first kappa shape index (κ1) is 41.1. The minimum Gasteiger partial charge on any atom is -0.330 e. The predicted molar refractivity (Wildman–Crippen MR) is 193 cm³/mol. The molecule has 1 atom stereocenters. The number of ketones is 3. The van der Waals surface area contributed by atoms with Crippen molar-refractivity contribution in [2.75, 3.05) is 6.54 Å². The van der Waals surface area contributed by atoms with Gasteiger partial charge in [-0.25, -0.2) is 0 Å². The van der Waals surface area contributed by atoms with Gasteiger partial charge in [-0.2, -0.15) is 0 Å². The molecule has 0 radical (unpaired) electrons. The van der Waals surface area contributed by atoms with Crippen LogP contribution in [0.25, 0.3) is 0 Å². The van der Waals surface area contributed by atoms with E-state index in [9.17, 15) is 14.4 Å². The summed E-state index contributed by atoms with van der Waals surface area (Å²) in [7, 11) is 0. The van der Waals surface area contributed by atoms with Gasteiger partial charge in [-0.05, 0) is 79.4 Å². The number of carbonyl (C=O) groups excluding carboxylic acids is 3. The van der Waals surface area contributed by atoms with Crippen molar-refractivity contribution in [1.29, 1.82) is 0 Å². The summed E-state index contributed by atoms with van der Waals surface area (Å²) in [6, 6.07) is 14.8. The van der Waals surface area contributed by atoms with Crippen LogP contribution < -0.4 is 5.73 Å². The van der Waals surface area contributed by atoms with Crippen molar-refractivity contribution in [3.8, 4) is 0 Å². The summed E-state index contributed by atoms with van der Waals surface area (Å²) >= 11 is 34.8. The van der Waals surface area contributed by atoms with Crippen molar-refractivity contribution in [2.45, 2.75) is 65.7 Å². The number of allylic oxidation sites excluding steroid dienone is 1. The second-order valence-corrected chi connectivity index (χ2v) is 12.6. The maximum atomic E-state index is 12.0. The lowest BCUT2D eigenvalue weighted by molar-refractivity contribution is 0.0916. The van der Waals surface area contributed by atoms with Crippen molar-refractivity contribution >= 4 is 87.0 Å². The van der Waals surface area contributed by atoms with Gasteiger partial charge in [0.1, 0.15) is 0 Å². The molecule has 0 aromatic heterocycles. The topological polar surface area (TPSA) is 77.2 Å². The summed E-state index contributed by atoms with van der Waals surface area (Å²) in [4.78, 5) is 35.4. The Kier molecular flexibility index (Phi) is 19.9. The molecule has 1 unspecified atom stereocenters. The highest BCUT2D eigenvalue weighted by molar-refractivity contribution is 6.43. The Bertz CT molecular complexity index is 1460. The molecule has 0 saturated heterocycles. The van der Waals surface area contributed by atoms with Crippen LogP contribution in [0.1, 0.15) is 96.8 Å². The normalized spacial score (nSPS) is 11.0. The van der Waals surface area contributed by atoms with Crippen molar-refractivity contribution in [2.24, 2.45) is 11.7 Å². The summed E-state index contributed by atoms with van der Waals surface area (Å²) in [6.45, 7) is 10.2. The molecule has 45 heavy (non-hydrogen) atoms. The minimum absolute atomic E-state index is 0.0444. The molecule has 3 aromatic carbocycles.